The summed E-state index contributed by atoms with van der Waals surface area (Å²) in [6.45, 7) is 2.94. The van der Waals surface area contributed by atoms with Crippen molar-refractivity contribution in [1.82, 2.24) is 15.5 Å². The molecule has 3 rings (SSSR count). The second-order valence-electron chi connectivity index (χ2n) is 5.16. The van der Waals surface area contributed by atoms with Crippen LogP contribution in [-0.2, 0) is 10.5 Å². The minimum absolute atomic E-state index is 0.111. The van der Waals surface area contributed by atoms with Crippen LogP contribution < -0.4 is 5.32 Å². The zero-order valence-corrected chi connectivity index (χ0v) is 13.0. The molecular weight excluding hydrogens is 286 g/mol. The van der Waals surface area contributed by atoms with Gasteiger partial charge in [-0.05, 0) is 25.0 Å². The molecule has 21 heavy (non-hydrogen) atoms. The summed E-state index contributed by atoms with van der Waals surface area (Å²) < 4.78 is 10.7. The summed E-state index contributed by atoms with van der Waals surface area (Å²) in [7, 11) is 1.73. The Balaban J connectivity index is 1.60. The molecular formula is C15H19N3O2S. The van der Waals surface area contributed by atoms with Gasteiger partial charge in [-0.2, -0.15) is 4.98 Å². The second-order valence-corrected chi connectivity index (χ2v) is 6.17. The van der Waals surface area contributed by atoms with Crippen LogP contribution >= 0.6 is 11.8 Å². The zero-order valence-electron chi connectivity index (χ0n) is 12.2. The number of methoxy groups -OCH3 is 1. The molecule has 1 saturated heterocycles. The van der Waals surface area contributed by atoms with Crippen molar-refractivity contribution in [3.63, 3.8) is 0 Å². The van der Waals surface area contributed by atoms with Gasteiger partial charge in [-0.1, -0.05) is 23.4 Å². The van der Waals surface area contributed by atoms with Gasteiger partial charge in [0, 0.05) is 18.6 Å². The van der Waals surface area contributed by atoms with Crippen molar-refractivity contribution in [2.24, 2.45) is 0 Å². The van der Waals surface area contributed by atoms with Gasteiger partial charge in [0.1, 0.15) is 0 Å². The molecule has 2 heterocycles. The van der Waals surface area contributed by atoms with Crippen LogP contribution in [0.15, 0.2) is 33.7 Å². The molecule has 0 saturated carbocycles. The fourth-order valence-electron chi connectivity index (χ4n) is 2.40. The minimum atomic E-state index is 0.111. The first-order valence-electron chi connectivity index (χ1n) is 7.03. The average molecular weight is 305 g/mol. The summed E-state index contributed by atoms with van der Waals surface area (Å²) in [4.78, 5) is 5.74. The van der Waals surface area contributed by atoms with Gasteiger partial charge in [0.25, 0.3) is 0 Å². The van der Waals surface area contributed by atoms with Crippen molar-refractivity contribution < 1.29 is 9.26 Å². The Morgan fingerprint density at radius 3 is 3.05 bits per heavy atom. The van der Waals surface area contributed by atoms with Crippen LogP contribution in [0.4, 0.5) is 0 Å². The van der Waals surface area contributed by atoms with Gasteiger partial charge in [0.05, 0.1) is 17.9 Å². The van der Waals surface area contributed by atoms with Crippen molar-refractivity contribution >= 4 is 11.8 Å². The maximum Gasteiger partial charge on any atom is 0.243 e. The molecule has 2 aromatic rings. The van der Waals surface area contributed by atoms with Crippen molar-refractivity contribution in [3.8, 4) is 0 Å². The molecule has 0 radical (unpaired) electrons. The molecule has 0 aliphatic carbocycles. The summed E-state index contributed by atoms with van der Waals surface area (Å²) in [6.07, 6.45) is 1.11. The Morgan fingerprint density at radius 2 is 2.29 bits per heavy atom. The molecule has 1 fully saturated rings. The van der Waals surface area contributed by atoms with Crippen molar-refractivity contribution in [2.45, 2.75) is 36.1 Å². The van der Waals surface area contributed by atoms with E-state index in [1.54, 1.807) is 18.9 Å². The van der Waals surface area contributed by atoms with Gasteiger partial charge in [0.2, 0.25) is 5.89 Å². The van der Waals surface area contributed by atoms with Crippen LogP contribution in [0.5, 0.6) is 0 Å². The topological polar surface area (TPSA) is 60.2 Å². The third-order valence-electron chi connectivity index (χ3n) is 3.66. The van der Waals surface area contributed by atoms with E-state index in [-0.39, 0.29) is 12.1 Å². The number of rotatable bonds is 5. The number of nitrogens with zero attached hydrogens (tertiary/aromatic N) is 2. The van der Waals surface area contributed by atoms with Crippen LogP contribution in [0.1, 0.15) is 29.7 Å². The van der Waals surface area contributed by atoms with Gasteiger partial charge in [-0.15, -0.1) is 11.8 Å². The van der Waals surface area contributed by atoms with Crippen molar-refractivity contribution in [1.29, 1.82) is 0 Å². The highest BCUT2D eigenvalue weighted by Crippen LogP contribution is 2.27. The van der Waals surface area contributed by atoms with Gasteiger partial charge in [-0.3, -0.25) is 0 Å². The summed E-state index contributed by atoms with van der Waals surface area (Å²) in [5.74, 6) is 2.12. The summed E-state index contributed by atoms with van der Waals surface area (Å²) >= 11 is 1.73. The quantitative estimate of drug-likeness (QED) is 0.857. The molecule has 1 aliphatic heterocycles. The fraction of sp³-hybridized carbons (Fsp3) is 0.467. The molecule has 0 bridgehead atoms. The van der Waals surface area contributed by atoms with Crippen LogP contribution in [-0.4, -0.2) is 29.9 Å². The van der Waals surface area contributed by atoms with Gasteiger partial charge < -0.3 is 14.6 Å². The first-order valence-corrected chi connectivity index (χ1v) is 8.02. The third-order valence-corrected chi connectivity index (χ3v) is 4.83. The Kier molecular flexibility index (Phi) is 4.57. The van der Waals surface area contributed by atoms with Crippen molar-refractivity contribution in [2.75, 3.05) is 13.7 Å². The summed E-state index contributed by atoms with van der Waals surface area (Å²) in [5.41, 5.74) is 1.27. The lowest BCUT2D eigenvalue weighted by atomic mass is 10.2. The predicted molar refractivity (Wildman–Crippen MR) is 81.2 cm³/mol. The largest absolute Gasteiger partial charge is 0.380 e. The van der Waals surface area contributed by atoms with Gasteiger partial charge in [0.15, 0.2) is 5.82 Å². The van der Waals surface area contributed by atoms with E-state index in [0.717, 1.165) is 24.5 Å². The molecule has 1 aromatic carbocycles. The highest BCUT2D eigenvalue weighted by Gasteiger charge is 2.29. The number of thioether (sulfide) groups is 1. The van der Waals surface area contributed by atoms with Crippen LogP contribution in [0.25, 0.3) is 0 Å². The highest BCUT2D eigenvalue weighted by atomic mass is 32.2. The van der Waals surface area contributed by atoms with E-state index >= 15 is 0 Å². The lowest BCUT2D eigenvalue weighted by molar-refractivity contribution is 0.116. The smallest absolute Gasteiger partial charge is 0.243 e. The number of aromatic nitrogens is 2. The molecule has 0 spiro atoms. The van der Waals surface area contributed by atoms with E-state index in [1.165, 1.54) is 10.5 Å². The summed E-state index contributed by atoms with van der Waals surface area (Å²) in [5, 5.41) is 7.41. The summed E-state index contributed by atoms with van der Waals surface area (Å²) in [6, 6.07) is 8.42. The Labute approximate surface area is 128 Å². The lowest BCUT2D eigenvalue weighted by Gasteiger charge is -2.04. The molecule has 2 atom stereocenters. The lowest BCUT2D eigenvalue weighted by Crippen LogP contribution is -2.16. The Morgan fingerprint density at radius 1 is 1.43 bits per heavy atom. The molecule has 1 aliphatic rings. The standard InChI is InChI=1S/C15H19N3O2S/c1-10-5-3-4-6-13(10)21-9-14-17-15(20-18-14)12-7-11(19-2)8-16-12/h3-6,11-12,16H,7-9H2,1-2H3. The highest BCUT2D eigenvalue weighted by molar-refractivity contribution is 7.98. The third kappa shape index (κ3) is 3.45. The predicted octanol–water partition coefficient (Wildman–Crippen LogP) is 2.72. The monoisotopic (exact) mass is 305 g/mol. The molecule has 6 heteroatoms. The van der Waals surface area contributed by atoms with E-state index in [4.69, 9.17) is 9.26 Å². The normalized spacial score (nSPS) is 21.8. The molecule has 1 N–H and O–H groups in total. The SMILES string of the molecule is COC1CNC(c2nc(CSc3ccccc3C)no2)C1. The van der Waals surface area contributed by atoms with Crippen LogP contribution in [0.2, 0.25) is 0 Å². The number of aryl methyl sites for hydroxylation is 1. The molecule has 1 aromatic heterocycles. The Hall–Kier alpha value is -1.37. The van der Waals surface area contributed by atoms with E-state index in [2.05, 4.69) is 34.5 Å². The number of hydrogen-bond donors (Lipinski definition) is 1. The maximum absolute atomic E-state index is 5.37. The first kappa shape index (κ1) is 14.6. The molecule has 2 unspecified atom stereocenters. The van der Waals surface area contributed by atoms with Crippen LogP contribution in [0, 0.1) is 6.92 Å². The second kappa shape index (κ2) is 6.60. The average Bonchev–Trinajstić information content (AvgIpc) is 3.15. The van der Waals surface area contributed by atoms with E-state index in [9.17, 15) is 0 Å². The zero-order chi connectivity index (χ0) is 14.7. The van der Waals surface area contributed by atoms with Crippen LogP contribution in [0.3, 0.4) is 0 Å². The number of nitrogens with one attached hydrogen (secondary N) is 1. The number of hydrogen-bond acceptors (Lipinski definition) is 6. The minimum Gasteiger partial charge on any atom is -0.380 e. The maximum atomic E-state index is 5.37. The molecule has 5 nitrogen and oxygen atoms in total. The van der Waals surface area contributed by atoms with Crippen molar-refractivity contribution in [3.05, 3.63) is 41.5 Å². The van der Waals surface area contributed by atoms with E-state index in [0.29, 0.717) is 5.89 Å². The number of ether oxygens (including phenoxy) is 1. The Bertz CT molecular complexity index is 602. The van der Waals surface area contributed by atoms with E-state index < -0.39 is 0 Å². The molecule has 112 valence electrons. The number of benzene rings is 1. The fourth-order valence-corrected chi connectivity index (χ4v) is 3.27. The first-order chi connectivity index (χ1) is 10.3. The van der Waals surface area contributed by atoms with Gasteiger partial charge in [-0.25, -0.2) is 0 Å². The molecule has 0 amide bonds. The van der Waals surface area contributed by atoms with E-state index in [1.807, 2.05) is 12.1 Å². The van der Waals surface area contributed by atoms with Gasteiger partial charge >= 0.3 is 0 Å².